The van der Waals surface area contributed by atoms with Crippen LogP contribution in [-0.4, -0.2) is 32.5 Å². The van der Waals surface area contributed by atoms with E-state index in [1.54, 1.807) is 11.8 Å². The van der Waals surface area contributed by atoms with Gasteiger partial charge in [-0.3, -0.25) is 10.1 Å². The second-order valence-corrected chi connectivity index (χ2v) is 8.09. The van der Waals surface area contributed by atoms with Gasteiger partial charge in [-0.25, -0.2) is 4.79 Å². The van der Waals surface area contributed by atoms with Gasteiger partial charge in [0.2, 0.25) is 5.91 Å². The van der Waals surface area contributed by atoms with Gasteiger partial charge in [-0.2, -0.15) is 0 Å². The van der Waals surface area contributed by atoms with Gasteiger partial charge in [0, 0.05) is 30.7 Å². The van der Waals surface area contributed by atoms with E-state index in [4.69, 9.17) is 0 Å². The van der Waals surface area contributed by atoms with E-state index in [2.05, 4.69) is 25.4 Å². The molecule has 2 N–H and O–H groups in total. The van der Waals surface area contributed by atoms with Gasteiger partial charge in [-0.15, -0.1) is 10.2 Å². The third kappa shape index (κ3) is 4.88. The Morgan fingerprint density at radius 1 is 1.11 bits per heavy atom. The van der Waals surface area contributed by atoms with Crippen LogP contribution in [0.1, 0.15) is 55.5 Å². The summed E-state index contributed by atoms with van der Waals surface area (Å²) in [6.07, 6.45) is 5.05. The predicted octanol–water partition coefficient (Wildman–Crippen LogP) is 3.00. The zero-order valence-electron chi connectivity index (χ0n) is 15.1. The first kappa shape index (κ1) is 18.0. The lowest BCUT2D eigenvalue weighted by Gasteiger charge is -2.08. The van der Waals surface area contributed by atoms with Crippen LogP contribution in [0.3, 0.4) is 0 Å². The van der Waals surface area contributed by atoms with Gasteiger partial charge in [0.1, 0.15) is 5.82 Å². The van der Waals surface area contributed by atoms with Gasteiger partial charge in [-0.1, -0.05) is 42.1 Å². The van der Waals surface area contributed by atoms with Crippen molar-refractivity contribution >= 4 is 23.7 Å². The SMILES string of the molecule is O=C(CCSc1nnc(C2CC2)n1C1CC1)NC(=O)NCc1ccccc1. The van der Waals surface area contributed by atoms with Gasteiger partial charge in [0.05, 0.1) is 0 Å². The van der Waals surface area contributed by atoms with Gasteiger partial charge in [-0.05, 0) is 31.2 Å². The Morgan fingerprint density at radius 2 is 1.89 bits per heavy atom. The summed E-state index contributed by atoms with van der Waals surface area (Å²) in [6, 6.07) is 9.65. The molecule has 4 rings (SSSR count). The molecule has 2 aromatic rings. The number of nitrogens with zero attached hydrogens (tertiary/aromatic N) is 3. The number of imide groups is 1. The number of amides is 3. The number of hydrogen-bond donors (Lipinski definition) is 2. The van der Waals surface area contributed by atoms with Crippen LogP contribution in [-0.2, 0) is 11.3 Å². The Balaban J connectivity index is 1.20. The largest absolute Gasteiger partial charge is 0.334 e. The molecule has 2 aliphatic rings. The van der Waals surface area contributed by atoms with E-state index in [0.29, 0.717) is 24.3 Å². The zero-order valence-corrected chi connectivity index (χ0v) is 15.9. The van der Waals surface area contributed by atoms with E-state index in [9.17, 15) is 9.59 Å². The highest BCUT2D eigenvalue weighted by Crippen LogP contribution is 2.45. The lowest BCUT2D eigenvalue weighted by molar-refractivity contribution is -0.119. The van der Waals surface area contributed by atoms with Gasteiger partial charge >= 0.3 is 6.03 Å². The first-order chi connectivity index (χ1) is 13.2. The van der Waals surface area contributed by atoms with Gasteiger partial charge < -0.3 is 9.88 Å². The number of benzene rings is 1. The highest BCUT2D eigenvalue weighted by Gasteiger charge is 2.36. The Hall–Kier alpha value is -2.35. The second-order valence-electron chi connectivity index (χ2n) is 7.03. The standard InChI is InChI=1S/C19H23N5O2S/c25-16(21-18(26)20-12-13-4-2-1-3-5-13)10-11-27-19-23-22-17(14-6-7-14)24(19)15-8-9-15/h1-5,14-15H,6-12H2,(H2,20,21,25,26). The van der Waals surface area contributed by atoms with Crippen molar-refractivity contribution < 1.29 is 9.59 Å². The molecule has 2 aliphatic carbocycles. The van der Waals surface area contributed by atoms with Crippen LogP contribution in [0.4, 0.5) is 4.79 Å². The fourth-order valence-electron chi connectivity index (χ4n) is 2.93. The van der Waals surface area contributed by atoms with Crippen LogP contribution >= 0.6 is 11.8 Å². The van der Waals surface area contributed by atoms with Crippen molar-refractivity contribution in [2.45, 2.75) is 55.8 Å². The number of carbonyl (C=O) groups excluding carboxylic acids is 2. The van der Waals surface area contributed by atoms with Crippen molar-refractivity contribution in [1.29, 1.82) is 0 Å². The topological polar surface area (TPSA) is 88.9 Å². The first-order valence-corrected chi connectivity index (χ1v) is 10.4. The Kier molecular flexibility index (Phi) is 5.42. The Bertz CT molecular complexity index is 815. The lowest BCUT2D eigenvalue weighted by atomic mass is 10.2. The first-order valence-electron chi connectivity index (χ1n) is 9.40. The molecule has 27 heavy (non-hydrogen) atoms. The second kappa shape index (κ2) is 8.12. The molecule has 0 saturated heterocycles. The summed E-state index contributed by atoms with van der Waals surface area (Å²) in [5.41, 5.74) is 0.988. The molecule has 3 amide bonds. The molecular formula is C19H23N5O2S. The van der Waals surface area contributed by atoms with Crippen molar-refractivity contribution in [3.63, 3.8) is 0 Å². The minimum atomic E-state index is -0.467. The van der Waals surface area contributed by atoms with Crippen LogP contribution in [0.5, 0.6) is 0 Å². The lowest BCUT2D eigenvalue weighted by Crippen LogP contribution is -2.39. The summed E-state index contributed by atoms with van der Waals surface area (Å²) < 4.78 is 2.27. The molecule has 1 aromatic carbocycles. The van der Waals surface area contributed by atoms with Crippen molar-refractivity contribution in [3.05, 3.63) is 41.7 Å². The maximum Gasteiger partial charge on any atom is 0.321 e. The van der Waals surface area contributed by atoms with Crippen LogP contribution in [0.15, 0.2) is 35.5 Å². The van der Waals surface area contributed by atoms with Crippen LogP contribution in [0.2, 0.25) is 0 Å². The van der Waals surface area contributed by atoms with E-state index in [1.165, 1.54) is 25.7 Å². The molecule has 0 radical (unpaired) electrons. The number of nitrogens with one attached hydrogen (secondary N) is 2. The highest BCUT2D eigenvalue weighted by atomic mass is 32.2. The summed E-state index contributed by atoms with van der Waals surface area (Å²) in [4.78, 5) is 23.8. The van der Waals surface area contributed by atoms with Crippen molar-refractivity contribution in [1.82, 2.24) is 25.4 Å². The molecule has 142 valence electrons. The number of urea groups is 1. The summed E-state index contributed by atoms with van der Waals surface area (Å²) >= 11 is 1.54. The predicted molar refractivity (Wildman–Crippen MR) is 102 cm³/mol. The molecule has 2 fully saturated rings. The number of aromatic nitrogens is 3. The van der Waals surface area contributed by atoms with E-state index in [1.807, 2.05) is 30.3 Å². The minimum Gasteiger partial charge on any atom is -0.334 e. The van der Waals surface area contributed by atoms with Crippen LogP contribution < -0.4 is 10.6 Å². The average molecular weight is 385 g/mol. The smallest absolute Gasteiger partial charge is 0.321 e. The van der Waals surface area contributed by atoms with Crippen molar-refractivity contribution in [2.75, 3.05) is 5.75 Å². The molecule has 0 spiro atoms. The molecule has 1 heterocycles. The minimum absolute atomic E-state index is 0.264. The van der Waals surface area contributed by atoms with Crippen molar-refractivity contribution in [2.24, 2.45) is 0 Å². The van der Waals surface area contributed by atoms with Gasteiger partial charge in [0.15, 0.2) is 5.16 Å². The van der Waals surface area contributed by atoms with Gasteiger partial charge in [0.25, 0.3) is 0 Å². The third-order valence-corrected chi connectivity index (χ3v) is 5.60. The summed E-state index contributed by atoms with van der Waals surface area (Å²) in [7, 11) is 0. The molecule has 0 bridgehead atoms. The molecule has 0 unspecified atom stereocenters. The maximum absolute atomic E-state index is 12.0. The normalized spacial score (nSPS) is 16.1. The van der Waals surface area contributed by atoms with Crippen LogP contribution in [0, 0.1) is 0 Å². The number of hydrogen-bond acceptors (Lipinski definition) is 5. The molecule has 7 nitrogen and oxygen atoms in total. The van der Waals surface area contributed by atoms with Crippen molar-refractivity contribution in [3.8, 4) is 0 Å². The maximum atomic E-state index is 12.0. The summed E-state index contributed by atoms with van der Waals surface area (Å²) in [5, 5.41) is 14.7. The summed E-state index contributed by atoms with van der Waals surface area (Å²) in [5.74, 6) is 1.98. The molecule has 0 atom stereocenters. The highest BCUT2D eigenvalue weighted by molar-refractivity contribution is 7.99. The quantitative estimate of drug-likeness (QED) is 0.682. The van der Waals surface area contributed by atoms with E-state index < -0.39 is 6.03 Å². The number of thioether (sulfide) groups is 1. The third-order valence-electron chi connectivity index (χ3n) is 4.65. The number of rotatable bonds is 8. The number of carbonyl (C=O) groups is 2. The Labute approximate surface area is 162 Å². The molecule has 1 aromatic heterocycles. The fourth-order valence-corrected chi connectivity index (χ4v) is 3.88. The summed E-state index contributed by atoms with van der Waals surface area (Å²) in [6.45, 7) is 0.392. The monoisotopic (exact) mass is 385 g/mol. The fraction of sp³-hybridized carbons (Fsp3) is 0.474. The Morgan fingerprint density at radius 3 is 2.59 bits per heavy atom. The van der Waals surface area contributed by atoms with E-state index in [0.717, 1.165) is 16.5 Å². The van der Waals surface area contributed by atoms with Crippen LogP contribution in [0.25, 0.3) is 0 Å². The molecular weight excluding hydrogens is 362 g/mol. The molecule has 2 saturated carbocycles. The molecule has 8 heteroatoms. The molecule has 0 aliphatic heterocycles. The zero-order chi connectivity index (χ0) is 18.6. The average Bonchev–Trinajstić information content (AvgIpc) is 3.60. The van der Waals surface area contributed by atoms with E-state index >= 15 is 0 Å². The van der Waals surface area contributed by atoms with E-state index in [-0.39, 0.29) is 12.3 Å².